The van der Waals surface area contributed by atoms with Crippen molar-refractivity contribution in [2.75, 3.05) is 21.3 Å². The van der Waals surface area contributed by atoms with Crippen LogP contribution in [0.1, 0.15) is 15.9 Å². The molecule has 4 rings (SSSR count). The number of carbonyl (C=O) groups is 1. The predicted octanol–water partition coefficient (Wildman–Crippen LogP) is 4.10. The fourth-order valence-corrected chi connectivity index (χ4v) is 4.23. The minimum absolute atomic E-state index is 0.0172. The molecule has 33 heavy (non-hydrogen) atoms. The third kappa shape index (κ3) is 4.35. The SMILES string of the molecule is COc1cc(OC)c(OC)cc1C=C1Oc2cc(OS(=O)(=O)c3ccccc3)ccc2C1=O. The lowest BCUT2D eigenvalue weighted by atomic mass is 10.1. The first-order valence-electron chi connectivity index (χ1n) is 9.74. The van der Waals surface area contributed by atoms with E-state index in [4.69, 9.17) is 23.1 Å². The monoisotopic (exact) mass is 468 g/mol. The summed E-state index contributed by atoms with van der Waals surface area (Å²) in [5.74, 6) is 1.26. The van der Waals surface area contributed by atoms with Gasteiger partial charge in [-0.25, -0.2) is 0 Å². The molecular formula is C24H20O8S. The summed E-state index contributed by atoms with van der Waals surface area (Å²) < 4.78 is 51.9. The van der Waals surface area contributed by atoms with Crippen molar-refractivity contribution in [3.63, 3.8) is 0 Å². The molecule has 0 unspecified atom stereocenters. The maximum absolute atomic E-state index is 12.8. The minimum atomic E-state index is -4.03. The highest BCUT2D eigenvalue weighted by Crippen LogP contribution is 2.39. The summed E-state index contributed by atoms with van der Waals surface area (Å²) in [5.41, 5.74) is 0.819. The highest BCUT2D eigenvalue weighted by molar-refractivity contribution is 7.87. The maximum Gasteiger partial charge on any atom is 0.339 e. The van der Waals surface area contributed by atoms with Crippen LogP contribution in [0.4, 0.5) is 0 Å². The number of methoxy groups -OCH3 is 3. The molecular weight excluding hydrogens is 448 g/mol. The van der Waals surface area contributed by atoms with Crippen molar-refractivity contribution in [3.05, 3.63) is 77.5 Å². The van der Waals surface area contributed by atoms with Crippen molar-refractivity contribution < 1.29 is 36.3 Å². The third-order valence-corrected chi connectivity index (χ3v) is 6.16. The fourth-order valence-electron chi connectivity index (χ4n) is 3.29. The van der Waals surface area contributed by atoms with E-state index in [0.717, 1.165) is 0 Å². The van der Waals surface area contributed by atoms with Gasteiger partial charge in [-0.1, -0.05) is 18.2 Å². The van der Waals surface area contributed by atoms with Crippen molar-refractivity contribution in [3.8, 4) is 28.7 Å². The van der Waals surface area contributed by atoms with Crippen LogP contribution in [0.15, 0.2) is 71.3 Å². The zero-order valence-electron chi connectivity index (χ0n) is 18.0. The normalized spacial score (nSPS) is 13.9. The van der Waals surface area contributed by atoms with Gasteiger partial charge in [0.25, 0.3) is 0 Å². The minimum Gasteiger partial charge on any atom is -0.496 e. The van der Waals surface area contributed by atoms with Crippen molar-refractivity contribution in [1.29, 1.82) is 0 Å². The van der Waals surface area contributed by atoms with Gasteiger partial charge >= 0.3 is 10.1 Å². The topological polar surface area (TPSA) is 97.4 Å². The Morgan fingerprint density at radius 2 is 1.48 bits per heavy atom. The van der Waals surface area contributed by atoms with Crippen LogP contribution in [-0.4, -0.2) is 35.5 Å². The van der Waals surface area contributed by atoms with E-state index >= 15 is 0 Å². The van der Waals surface area contributed by atoms with E-state index < -0.39 is 10.1 Å². The summed E-state index contributed by atoms with van der Waals surface area (Å²) >= 11 is 0. The van der Waals surface area contributed by atoms with Gasteiger partial charge in [-0.05, 0) is 36.4 Å². The molecule has 170 valence electrons. The second kappa shape index (κ2) is 8.87. The summed E-state index contributed by atoms with van der Waals surface area (Å²) in [6.45, 7) is 0. The highest BCUT2D eigenvalue weighted by Gasteiger charge is 2.29. The van der Waals surface area contributed by atoms with Gasteiger partial charge in [-0.15, -0.1) is 0 Å². The van der Waals surface area contributed by atoms with Crippen LogP contribution >= 0.6 is 0 Å². The van der Waals surface area contributed by atoms with Crippen molar-refractivity contribution in [2.45, 2.75) is 4.90 Å². The molecule has 0 spiro atoms. The lowest BCUT2D eigenvalue weighted by Gasteiger charge is -2.12. The van der Waals surface area contributed by atoms with E-state index in [0.29, 0.717) is 22.8 Å². The van der Waals surface area contributed by atoms with Crippen LogP contribution in [0.3, 0.4) is 0 Å². The molecule has 0 saturated heterocycles. The number of rotatable bonds is 7. The molecule has 0 amide bonds. The molecule has 0 bridgehead atoms. The molecule has 8 nitrogen and oxygen atoms in total. The van der Waals surface area contributed by atoms with E-state index in [-0.39, 0.29) is 33.5 Å². The van der Waals surface area contributed by atoms with E-state index in [9.17, 15) is 13.2 Å². The van der Waals surface area contributed by atoms with Crippen LogP contribution < -0.4 is 23.1 Å². The number of hydrogen-bond donors (Lipinski definition) is 0. The number of benzene rings is 3. The summed E-state index contributed by atoms with van der Waals surface area (Å²) in [7, 11) is 0.472. The Hall–Kier alpha value is -3.98. The van der Waals surface area contributed by atoms with E-state index in [2.05, 4.69) is 0 Å². The molecule has 1 aliphatic heterocycles. The highest BCUT2D eigenvalue weighted by atomic mass is 32.2. The Bertz CT molecular complexity index is 1340. The average molecular weight is 468 g/mol. The van der Waals surface area contributed by atoms with Crippen molar-refractivity contribution in [2.24, 2.45) is 0 Å². The summed E-state index contributed by atoms with van der Waals surface area (Å²) in [6, 6.07) is 15.3. The van der Waals surface area contributed by atoms with Gasteiger partial charge in [0.1, 0.15) is 22.1 Å². The lowest BCUT2D eigenvalue weighted by molar-refractivity contribution is 0.101. The van der Waals surface area contributed by atoms with Crippen LogP contribution in [0, 0.1) is 0 Å². The molecule has 3 aromatic rings. The van der Waals surface area contributed by atoms with Crippen LogP contribution in [0.2, 0.25) is 0 Å². The number of ketones is 1. The quantitative estimate of drug-likeness (QED) is 0.378. The van der Waals surface area contributed by atoms with E-state index in [1.54, 1.807) is 30.3 Å². The Labute approximate surface area is 191 Å². The number of Topliss-reactive ketones (excluding diaryl/α,β-unsaturated/α-hetero) is 1. The molecule has 0 aliphatic carbocycles. The van der Waals surface area contributed by atoms with Crippen molar-refractivity contribution in [1.82, 2.24) is 0 Å². The standard InChI is InChI=1S/C24H20O8S/c1-28-19-14-22(30-3)21(29-2)11-15(19)12-23-24(25)18-10-9-16(13-20(18)31-23)32-33(26,27)17-7-5-4-6-8-17/h4-14H,1-3H3. The van der Waals surface area contributed by atoms with Crippen LogP contribution in [0.25, 0.3) is 6.08 Å². The zero-order valence-corrected chi connectivity index (χ0v) is 18.8. The Kier molecular flexibility index (Phi) is 5.97. The molecule has 1 heterocycles. The summed E-state index contributed by atoms with van der Waals surface area (Å²) in [4.78, 5) is 12.9. The first kappa shape index (κ1) is 22.2. The van der Waals surface area contributed by atoms with Gasteiger partial charge in [-0.2, -0.15) is 8.42 Å². The molecule has 0 aromatic heterocycles. The van der Waals surface area contributed by atoms with Crippen LogP contribution in [0.5, 0.6) is 28.7 Å². The smallest absolute Gasteiger partial charge is 0.339 e. The Balaban J connectivity index is 1.64. The Morgan fingerprint density at radius 3 is 2.15 bits per heavy atom. The van der Waals surface area contributed by atoms with E-state index in [1.165, 1.54) is 57.7 Å². The molecule has 1 aliphatic rings. The first-order valence-corrected chi connectivity index (χ1v) is 11.1. The maximum atomic E-state index is 12.8. The molecule has 0 N–H and O–H groups in total. The van der Waals surface area contributed by atoms with Gasteiger partial charge < -0.3 is 23.1 Å². The molecule has 0 atom stereocenters. The molecule has 9 heteroatoms. The van der Waals surface area contributed by atoms with Gasteiger partial charge in [-0.3, -0.25) is 4.79 Å². The number of hydrogen-bond acceptors (Lipinski definition) is 8. The summed E-state index contributed by atoms with van der Waals surface area (Å²) in [6.07, 6.45) is 1.52. The zero-order chi connectivity index (χ0) is 23.6. The van der Waals surface area contributed by atoms with Gasteiger partial charge in [0.05, 0.1) is 26.9 Å². The predicted molar refractivity (Wildman–Crippen MR) is 120 cm³/mol. The fraction of sp³-hybridized carbons (Fsp3) is 0.125. The molecule has 0 fully saturated rings. The number of ether oxygens (including phenoxy) is 4. The first-order chi connectivity index (χ1) is 15.9. The third-order valence-electron chi connectivity index (χ3n) is 4.90. The molecule has 0 radical (unpaired) electrons. The summed E-state index contributed by atoms with van der Waals surface area (Å²) in [5, 5.41) is 0. The molecule has 3 aromatic carbocycles. The van der Waals surface area contributed by atoms with E-state index in [1.807, 2.05) is 0 Å². The average Bonchev–Trinajstić information content (AvgIpc) is 3.13. The van der Waals surface area contributed by atoms with Crippen molar-refractivity contribution >= 4 is 22.0 Å². The number of carbonyl (C=O) groups excluding carboxylic acids is 1. The Morgan fingerprint density at radius 1 is 0.818 bits per heavy atom. The largest absolute Gasteiger partial charge is 0.496 e. The van der Waals surface area contributed by atoms with Crippen LogP contribution in [-0.2, 0) is 10.1 Å². The van der Waals surface area contributed by atoms with Gasteiger partial charge in [0.15, 0.2) is 17.3 Å². The van der Waals surface area contributed by atoms with Gasteiger partial charge in [0, 0.05) is 17.7 Å². The second-order valence-electron chi connectivity index (χ2n) is 6.90. The number of fused-ring (bicyclic) bond motifs is 1. The lowest BCUT2D eigenvalue weighted by Crippen LogP contribution is -2.09. The number of allylic oxidation sites excluding steroid dienone is 1. The molecule has 0 saturated carbocycles. The van der Waals surface area contributed by atoms with Gasteiger partial charge in [0.2, 0.25) is 5.78 Å². The second-order valence-corrected chi connectivity index (χ2v) is 8.44.